The second kappa shape index (κ2) is 6.07. The minimum absolute atomic E-state index is 0.566. The Morgan fingerprint density at radius 1 is 1.26 bits per heavy atom. The molecule has 0 fully saturated rings. The van der Waals surface area contributed by atoms with Crippen LogP contribution in [0.1, 0.15) is 16.7 Å². The van der Waals surface area contributed by atoms with Crippen LogP contribution >= 0.6 is 0 Å². The molecule has 0 radical (unpaired) electrons. The Labute approximate surface area is 112 Å². The molecule has 0 spiro atoms. The summed E-state index contributed by atoms with van der Waals surface area (Å²) in [4.78, 5) is 2.16. The van der Waals surface area contributed by atoms with Gasteiger partial charge in [0.15, 0.2) is 0 Å². The van der Waals surface area contributed by atoms with Crippen LogP contribution in [-0.4, -0.2) is 19.1 Å². The standard InChI is InChI=1S/C15H16N2O2/c1-17(10-13-5-6-19-11-13)9-12-3-4-15(18-2)14(7-12)8-16/h3-7,11H,9-10H2,1-2H3. The van der Waals surface area contributed by atoms with Gasteiger partial charge >= 0.3 is 0 Å². The monoisotopic (exact) mass is 256 g/mol. The smallest absolute Gasteiger partial charge is 0.136 e. The van der Waals surface area contributed by atoms with Crippen molar-refractivity contribution in [3.05, 3.63) is 53.5 Å². The third-order valence-corrected chi connectivity index (χ3v) is 2.87. The fraction of sp³-hybridized carbons (Fsp3) is 0.267. The number of nitrogens with zero attached hydrogens (tertiary/aromatic N) is 2. The molecule has 2 aromatic rings. The van der Waals surface area contributed by atoms with Gasteiger partial charge in [-0.3, -0.25) is 4.90 Å². The molecule has 1 heterocycles. The first-order chi connectivity index (χ1) is 9.22. The molecule has 0 atom stereocenters. The largest absolute Gasteiger partial charge is 0.495 e. The topological polar surface area (TPSA) is 49.4 Å². The van der Waals surface area contributed by atoms with Crippen molar-refractivity contribution in [3.63, 3.8) is 0 Å². The molecule has 1 aromatic carbocycles. The highest BCUT2D eigenvalue weighted by Gasteiger charge is 2.07. The highest BCUT2D eigenvalue weighted by molar-refractivity contribution is 5.45. The lowest BCUT2D eigenvalue weighted by Gasteiger charge is -2.16. The van der Waals surface area contributed by atoms with E-state index in [2.05, 4.69) is 11.0 Å². The van der Waals surface area contributed by atoms with E-state index in [0.29, 0.717) is 11.3 Å². The molecule has 0 bridgehead atoms. The van der Waals surface area contributed by atoms with Crippen molar-refractivity contribution >= 4 is 0 Å². The van der Waals surface area contributed by atoms with Gasteiger partial charge in [-0.15, -0.1) is 0 Å². The number of benzene rings is 1. The molecule has 0 amide bonds. The lowest BCUT2D eigenvalue weighted by Crippen LogP contribution is -2.16. The first-order valence-electron chi connectivity index (χ1n) is 5.99. The van der Waals surface area contributed by atoms with Crippen LogP contribution in [0.15, 0.2) is 41.2 Å². The van der Waals surface area contributed by atoms with Crippen LogP contribution in [0.5, 0.6) is 5.75 Å². The van der Waals surface area contributed by atoms with E-state index >= 15 is 0 Å². The summed E-state index contributed by atoms with van der Waals surface area (Å²) in [5.74, 6) is 0.615. The zero-order chi connectivity index (χ0) is 13.7. The number of methoxy groups -OCH3 is 1. The average Bonchev–Trinajstić information content (AvgIpc) is 2.91. The third-order valence-electron chi connectivity index (χ3n) is 2.87. The van der Waals surface area contributed by atoms with Crippen molar-refractivity contribution in [3.8, 4) is 11.8 Å². The zero-order valence-corrected chi connectivity index (χ0v) is 11.1. The van der Waals surface area contributed by atoms with Gasteiger partial charge in [-0.2, -0.15) is 5.26 Å². The summed E-state index contributed by atoms with van der Waals surface area (Å²) in [6.45, 7) is 1.58. The van der Waals surface area contributed by atoms with E-state index in [1.807, 2.05) is 31.3 Å². The number of hydrogen-bond donors (Lipinski definition) is 0. The van der Waals surface area contributed by atoms with E-state index < -0.39 is 0 Å². The SMILES string of the molecule is COc1ccc(CN(C)Cc2ccoc2)cc1C#N. The van der Waals surface area contributed by atoms with Crippen LogP contribution in [0.4, 0.5) is 0 Å². The van der Waals surface area contributed by atoms with Gasteiger partial charge in [-0.1, -0.05) is 6.07 Å². The van der Waals surface area contributed by atoms with Crippen molar-refractivity contribution in [2.75, 3.05) is 14.2 Å². The van der Waals surface area contributed by atoms with E-state index in [9.17, 15) is 0 Å². The lowest BCUT2D eigenvalue weighted by molar-refractivity contribution is 0.317. The normalized spacial score (nSPS) is 10.4. The van der Waals surface area contributed by atoms with Gasteiger partial charge in [-0.05, 0) is 30.8 Å². The summed E-state index contributed by atoms with van der Waals surface area (Å²) in [6.07, 6.45) is 3.41. The van der Waals surface area contributed by atoms with Crippen LogP contribution in [0.2, 0.25) is 0 Å². The Morgan fingerprint density at radius 2 is 2.05 bits per heavy atom. The highest BCUT2D eigenvalue weighted by Crippen LogP contribution is 2.19. The molecule has 98 valence electrons. The maximum atomic E-state index is 9.06. The predicted molar refractivity (Wildman–Crippen MR) is 71.6 cm³/mol. The molecular weight excluding hydrogens is 240 g/mol. The number of furan rings is 1. The van der Waals surface area contributed by atoms with Gasteiger partial charge in [0.1, 0.15) is 11.8 Å². The van der Waals surface area contributed by atoms with Crippen LogP contribution < -0.4 is 4.74 Å². The fourth-order valence-electron chi connectivity index (χ4n) is 2.00. The summed E-state index contributed by atoms with van der Waals surface area (Å²) in [5, 5.41) is 9.06. The average molecular weight is 256 g/mol. The Bertz CT molecular complexity index is 570. The van der Waals surface area contributed by atoms with E-state index in [-0.39, 0.29) is 0 Å². The summed E-state index contributed by atoms with van der Waals surface area (Å²) in [5.41, 5.74) is 2.79. The van der Waals surface area contributed by atoms with Crippen molar-refractivity contribution in [2.45, 2.75) is 13.1 Å². The molecule has 0 saturated carbocycles. The Morgan fingerprint density at radius 3 is 2.68 bits per heavy atom. The molecule has 4 heteroatoms. The molecule has 19 heavy (non-hydrogen) atoms. The van der Waals surface area contributed by atoms with Crippen LogP contribution in [0, 0.1) is 11.3 Å². The first kappa shape index (κ1) is 13.2. The number of ether oxygens (including phenoxy) is 1. The van der Waals surface area contributed by atoms with Crippen LogP contribution in [-0.2, 0) is 13.1 Å². The Hall–Kier alpha value is -2.25. The zero-order valence-electron chi connectivity index (χ0n) is 11.1. The van der Waals surface area contributed by atoms with Crippen molar-refractivity contribution < 1.29 is 9.15 Å². The van der Waals surface area contributed by atoms with Gasteiger partial charge in [-0.25, -0.2) is 0 Å². The molecule has 0 aliphatic carbocycles. The molecule has 0 unspecified atom stereocenters. The Balaban J connectivity index is 2.05. The van der Waals surface area contributed by atoms with E-state index in [1.165, 1.54) is 0 Å². The van der Waals surface area contributed by atoms with Crippen molar-refractivity contribution in [2.24, 2.45) is 0 Å². The van der Waals surface area contributed by atoms with E-state index in [0.717, 1.165) is 24.2 Å². The number of hydrogen-bond acceptors (Lipinski definition) is 4. The van der Waals surface area contributed by atoms with Crippen molar-refractivity contribution in [1.82, 2.24) is 4.90 Å². The molecule has 4 nitrogen and oxygen atoms in total. The maximum absolute atomic E-state index is 9.06. The maximum Gasteiger partial charge on any atom is 0.136 e. The van der Waals surface area contributed by atoms with Gasteiger partial charge < -0.3 is 9.15 Å². The Kier molecular flexibility index (Phi) is 4.22. The molecule has 1 aromatic heterocycles. The van der Waals surface area contributed by atoms with E-state index in [1.54, 1.807) is 19.6 Å². The molecular formula is C15H16N2O2. The third kappa shape index (κ3) is 3.36. The molecule has 2 rings (SSSR count). The van der Waals surface area contributed by atoms with Crippen LogP contribution in [0.3, 0.4) is 0 Å². The minimum Gasteiger partial charge on any atom is -0.495 e. The summed E-state index contributed by atoms with van der Waals surface area (Å²) in [6, 6.07) is 9.77. The number of nitriles is 1. The fourth-order valence-corrected chi connectivity index (χ4v) is 2.00. The molecule has 0 saturated heterocycles. The van der Waals surface area contributed by atoms with Gasteiger partial charge in [0.2, 0.25) is 0 Å². The highest BCUT2D eigenvalue weighted by atomic mass is 16.5. The minimum atomic E-state index is 0.566. The second-order valence-electron chi connectivity index (χ2n) is 4.45. The number of rotatable bonds is 5. The van der Waals surface area contributed by atoms with Gasteiger partial charge in [0, 0.05) is 18.7 Å². The lowest BCUT2D eigenvalue weighted by atomic mass is 10.1. The molecule has 0 aliphatic heterocycles. The van der Waals surface area contributed by atoms with Gasteiger partial charge in [0.05, 0.1) is 25.2 Å². The predicted octanol–water partition coefficient (Wildman–Crippen LogP) is 2.79. The van der Waals surface area contributed by atoms with E-state index in [4.69, 9.17) is 14.4 Å². The summed E-state index contributed by atoms with van der Waals surface area (Å²) in [7, 11) is 3.60. The van der Waals surface area contributed by atoms with Crippen LogP contribution in [0.25, 0.3) is 0 Å². The summed E-state index contributed by atoms with van der Waals surface area (Å²) >= 11 is 0. The quantitative estimate of drug-likeness (QED) is 0.825. The molecule has 0 N–H and O–H groups in total. The van der Waals surface area contributed by atoms with Gasteiger partial charge in [0.25, 0.3) is 0 Å². The van der Waals surface area contributed by atoms with Crippen molar-refractivity contribution in [1.29, 1.82) is 5.26 Å². The first-order valence-corrected chi connectivity index (χ1v) is 5.99. The molecule has 0 aliphatic rings. The second-order valence-corrected chi connectivity index (χ2v) is 4.45. The summed E-state index contributed by atoms with van der Waals surface area (Å²) < 4.78 is 10.2.